The molecule has 2 aromatic rings. The van der Waals surface area contributed by atoms with Crippen molar-refractivity contribution in [2.24, 2.45) is 5.92 Å². The lowest BCUT2D eigenvalue weighted by molar-refractivity contribution is -0.137. The molecule has 0 bridgehead atoms. The maximum atomic E-state index is 13.0. The highest BCUT2D eigenvalue weighted by Crippen LogP contribution is 2.37. The van der Waals surface area contributed by atoms with Crippen LogP contribution >= 0.6 is 11.3 Å². The fourth-order valence-corrected chi connectivity index (χ4v) is 4.41. The Hall–Kier alpha value is -2.03. The SMILES string of the molecule is CC(C)[C@H]1CN(C(=O)OC(C)(C)C)CCN1c1nc2ccc(C(F)(F)F)cc2s1. The minimum Gasteiger partial charge on any atom is -0.444 e. The summed E-state index contributed by atoms with van der Waals surface area (Å²) in [5.74, 6) is 0.220. The lowest BCUT2D eigenvalue weighted by Crippen LogP contribution is -2.57. The molecule has 0 unspecified atom stereocenters. The monoisotopic (exact) mass is 429 g/mol. The zero-order valence-electron chi connectivity index (χ0n) is 17.2. The summed E-state index contributed by atoms with van der Waals surface area (Å²) >= 11 is 1.25. The van der Waals surface area contributed by atoms with E-state index in [-0.39, 0.29) is 18.1 Å². The maximum absolute atomic E-state index is 13.0. The third kappa shape index (κ3) is 4.94. The fraction of sp³-hybridized carbons (Fsp3) is 0.600. The lowest BCUT2D eigenvalue weighted by atomic mass is 10.0. The van der Waals surface area contributed by atoms with Crippen LogP contribution in [0.3, 0.4) is 0 Å². The predicted molar refractivity (Wildman–Crippen MR) is 108 cm³/mol. The minimum absolute atomic E-state index is 0.00100. The van der Waals surface area contributed by atoms with Crippen LogP contribution in [0.5, 0.6) is 0 Å². The van der Waals surface area contributed by atoms with Crippen molar-refractivity contribution in [3.63, 3.8) is 0 Å². The molecule has 1 saturated heterocycles. The van der Waals surface area contributed by atoms with Gasteiger partial charge in [-0.3, -0.25) is 0 Å². The molecule has 1 aliphatic rings. The van der Waals surface area contributed by atoms with Crippen molar-refractivity contribution >= 4 is 32.8 Å². The number of anilines is 1. The van der Waals surface area contributed by atoms with Gasteiger partial charge in [0, 0.05) is 19.6 Å². The number of thiazole rings is 1. The van der Waals surface area contributed by atoms with Crippen LogP contribution in [-0.2, 0) is 10.9 Å². The molecule has 1 atom stereocenters. The third-order valence-electron chi connectivity index (χ3n) is 4.79. The molecule has 1 aliphatic heterocycles. The fourth-order valence-electron chi connectivity index (χ4n) is 3.32. The number of aromatic nitrogens is 1. The van der Waals surface area contributed by atoms with Crippen molar-refractivity contribution in [3.8, 4) is 0 Å². The second kappa shape index (κ2) is 7.66. The standard InChI is InChI=1S/C20H26F3N3O2S/c1-12(2)15-11-25(18(27)28-19(3,4)5)8-9-26(15)17-24-14-7-6-13(20(21,22)23)10-16(14)29-17/h6-7,10,12,15H,8-9,11H2,1-5H3/t15-/m1/s1. The van der Waals surface area contributed by atoms with Crippen molar-refractivity contribution in [3.05, 3.63) is 23.8 Å². The zero-order chi connectivity index (χ0) is 21.6. The van der Waals surface area contributed by atoms with Crippen molar-refractivity contribution in [1.82, 2.24) is 9.88 Å². The van der Waals surface area contributed by atoms with E-state index in [0.29, 0.717) is 35.0 Å². The number of carbonyl (C=O) groups excluding carboxylic acids is 1. The van der Waals surface area contributed by atoms with Gasteiger partial charge in [0.25, 0.3) is 0 Å². The van der Waals surface area contributed by atoms with Crippen LogP contribution in [0, 0.1) is 5.92 Å². The largest absolute Gasteiger partial charge is 0.444 e. The molecule has 9 heteroatoms. The minimum atomic E-state index is -4.38. The molecule has 0 radical (unpaired) electrons. The van der Waals surface area contributed by atoms with Crippen molar-refractivity contribution in [1.29, 1.82) is 0 Å². The number of carbonyl (C=O) groups is 1. The van der Waals surface area contributed by atoms with E-state index >= 15 is 0 Å². The molecule has 0 N–H and O–H groups in total. The molecule has 0 spiro atoms. The molecule has 0 saturated carbocycles. The van der Waals surface area contributed by atoms with E-state index < -0.39 is 17.3 Å². The van der Waals surface area contributed by atoms with Gasteiger partial charge in [-0.2, -0.15) is 13.2 Å². The van der Waals surface area contributed by atoms with Gasteiger partial charge in [-0.05, 0) is 44.9 Å². The Morgan fingerprint density at radius 3 is 2.52 bits per heavy atom. The first kappa shape index (κ1) is 21.7. The Labute approximate surface area is 172 Å². The predicted octanol–water partition coefficient (Wildman–Crippen LogP) is 5.40. The van der Waals surface area contributed by atoms with E-state index in [1.807, 2.05) is 20.8 Å². The number of alkyl halides is 3. The molecule has 29 heavy (non-hydrogen) atoms. The summed E-state index contributed by atoms with van der Waals surface area (Å²) in [5, 5.41) is 0.682. The van der Waals surface area contributed by atoms with Crippen molar-refractivity contribution in [2.45, 2.75) is 52.4 Å². The van der Waals surface area contributed by atoms with E-state index in [9.17, 15) is 18.0 Å². The van der Waals surface area contributed by atoms with E-state index in [0.717, 1.165) is 12.1 Å². The summed E-state index contributed by atoms with van der Waals surface area (Å²) < 4.78 is 45.0. The molecule has 1 fully saturated rings. The number of piperazine rings is 1. The van der Waals surface area contributed by atoms with Gasteiger partial charge in [-0.1, -0.05) is 25.2 Å². The Kier molecular flexibility index (Phi) is 5.73. The van der Waals surface area contributed by atoms with Crippen LogP contribution in [0.2, 0.25) is 0 Å². The molecule has 2 heterocycles. The molecule has 1 aromatic heterocycles. The number of halogens is 3. The van der Waals surface area contributed by atoms with E-state index in [1.165, 1.54) is 17.4 Å². The van der Waals surface area contributed by atoms with Crippen LogP contribution in [0.25, 0.3) is 10.2 Å². The summed E-state index contributed by atoms with van der Waals surface area (Å²) in [5.41, 5.74) is -0.685. The van der Waals surface area contributed by atoms with E-state index in [1.54, 1.807) is 4.90 Å². The Balaban J connectivity index is 1.84. The topological polar surface area (TPSA) is 45.7 Å². The first-order valence-electron chi connectivity index (χ1n) is 9.57. The summed E-state index contributed by atoms with van der Waals surface area (Å²) in [7, 11) is 0. The number of rotatable bonds is 2. The van der Waals surface area contributed by atoms with Crippen LogP contribution in [0.1, 0.15) is 40.2 Å². The number of nitrogens with zero attached hydrogens (tertiary/aromatic N) is 3. The van der Waals surface area contributed by atoms with Gasteiger partial charge in [0.1, 0.15) is 5.60 Å². The summed E-state index contributed by atoms with van der Waals surface area (Å²) in [6.07, 6.45) is -4.72. The maximum Gasteiger partial charge on any atom is 0.416 e. The Morgan fingerprint density at radius 2 is 1.93 bits per heavy atom. The van der Waals surface area contributed by atoms with E-state index in [4.69, 9.17) is 4.74 Å². The van der Waals surface area contributed by atoms with Crippen molar-refractivity contribution in [2.75, 3.05) is 24.5 Å². The molecular formula is C20H26F3N3O2S. The highest BCUT2D eigenvalue weighted by molar-refractivity contribution is 7.22. The van der Waals surface area contributed by atoms with Gasteiger partial charge in [0.2, 0.25) is 0 Å². The molecule has 1 amide bonds. The van der Waals surface area contributed by atoms with Crippen LogP contribution < -0.4 is 4.90 Å². The smallest absolute Gasteiger partial charge is 0.416 e. The molecule has 1 aromatic carbocycles. The first-order chi connectivity index (χ1) is 13.3. The molecule has 5 nitrogen and oxygen atoms in total. The molecular weight excluding hydrogens is 403 g/mol. The van der Waals surface area contributed by atoms with Gasteiger partial charge >= 0.3 is 12.3 Å². The average molecular weight is 430 g/mol. The summed E-state index contributed by atoms with van der Waals surface area (Å²) in [4.78, 5) is 20.8. The average Bonchev–Trinajstić information content (AvgIpc) is 3.02. The number of benzene rings is 1. The van der Waals surface area contributed by atoms with Gasteiger partial charge in [0.15, 0.2) is 5.13 Å². The van der Waals surface area contributed by atoms with Crippen LogP contribution in [0.15, 0.2) is 18.2 Å². The number of fused-ring (bicyclic) bond motifs is 1. The Morgan fingerprint density at radius 1 is 1.24 bits per heavy atom. The highest BCUT2D eigenvalue weighted by atomic mass is 32.1. The van der Waals surface area contributed by atoms with Gasteiger partial charge < -0.3 is 14.5 Å². The molecule has 3 rings (SSSR count). The molecule has 0 aliphatic carbocycles. The van der Waals surface area contributed by atoms with E-state index in [2.05, 4.69) is 23.7 Å². The second-order valence-corrected chi connectivity index (χ2v) is 9.62. The highest BCUT2D eigenvalue weighted by Gasteiger charge is 2.35. The Bertz CT molecular complexity index is 889. The van der Waals surface area contributed by atoms with Gasteiger partial charge in [0.05, 0.1) is 21.8 Å². The van der Waals surface area contributed by atoms with Gasteiger partial charge in [-0.25, -0.2) is 9.78 Å². The summed E-state index contributed by atoms with van der Waals surface area (Å²) in [6, 6.07) is 3.63. The normalized spacial score (nSPS) is 18.6. The zero-order valence-corrected chi connectivity index (χ0v) is 18.0. The number of ether oxygens (including phenoxy) is 1. The van der Waals surface area contributed by atoms with Gasteiger partial charge in [-0.15, -0.1) is 0 Å². The number of hydrogen-bond donors (Lipinski definition) is 0. The molecule has 160 valence electrons. The van der Waals surface area contributed by atoms with Crippen LogP contribution in [0.4, 0.5) is 23.1 Å². The number of hydrogen-bond acceptors (Lipinski definition) is 5. The lowest BCUT2D eigenvalue weighted by Gasteiger charge is -2.43. The number of amides is 1. The van der Waals surface area contributed by atoms with Crippen molar-refractivity contribution < 1.29 is 22.7 Å². The summed E-state index contributed by atoms with van der Waals surface area (Å²) in [6.45, 7) is 11.1. The quantitative estimate of drug-likeness (QED) is 0.642. The van der Waals surface area contributed by atoms with Crippen LogP contribution in [-0.4, -0.2) is 47.3 Å². The second-order valence-electron chi connectivity index (χ2n) is 8.61. The third-order valence-corrected chi connectivity index (χ3v) is 5.85. The first-order valence-corrected chi connectivity index (χ1v) is 10.4.